The van der Waals surface area contributed by atoms with E-state index in [1.807, 2.05) is 30.0 Å². The van der Waals surface area contributed by atoms with E-state index in [0.29, 0.717) is 18.5 Å². The fraction of sp³-hybridized carbons (Fsp3) is 0.474. The minimum atomic E-state index is 0.0612. The number of thiazole rings is 1. The first-order chi connectivity index (χ1) is 11.7. The Morgan fingerprint density at radius 2 is 2.04 bits per heavy atom. The standard InChI is InChI=1S/C19H23N3OS/c1-13-12-24-18(20-13)17(15-7-8-15)21-19(23)22(16-9-10-16)11-14-5-3-2-4-6-14/h2-6,12,15-17H,7-11H2,1H3,(H,21,23)/t17-/m1/s1. The second kappa shape index (κ2) is 6.55. The van der Waals surface area contributed by atoms with E-state index in [-0.39, 0.29) is 12.1 Å². The van der Waals surface area contributed by atoms with Crippen LogP contribution >= 0.6 is 11.3 Å². The Morgan fingerprint density at radius 3 is 2.62 bits per heavy atom. The number of carbonyl (C=O) groups is 1. The van der Waals surface area contributed by atoms with Gasteiger partial charge in [-0.25, -0.2) is 9.78 Å². The Morgan fingerprint density at radius 1 is 1.29 bits per heavy atom. The Kier molecular flexibility index (Phi) is 4.27. The lowest BCUT2D eigenvalue weighted by Gasteiger charge is -2.26. The van der Waals surface area contributed by atoms with Crippen molar-refractivity contribution < 1.29 is 4.79 Å². The van der Waals surface area contributed by atoms with Crippen LogP contribution in [0.4, 0.5) is 4.79 Å². The number of benzene rings is 1. The van der Waals surface area contributed by atoms with Gasteiger partial charge in [-0.1, -0.05) is 30.3 Å². The molecule has 0 bridgehead atoms. The summed E-state index contributed by atoms with van der Waals surface area (Å²) in [7, 11) is 0. The van der Waals surface area contributed by atoms with Crippen LogP contribution in [-0.2, 0) is 6.54 Å². The van der Waals surface area contributed by atoms with Gasteiger partial charge < -0.3 is 10.2 Å². The highest BCUT2D eigenvalue weighted by Crippen LogP contribution is 2.42. The van der Waals surface area contributed by atoms with Gasteiger partial charge >= 0.3 is 6.03 Å². The predicted molar refractivity (Wildman–Crippen MR) is 95.9 cm³/mol. The number of hydrogen-bond acceptors (Lipinski definition) is 3. The number of nitrogens with one attached hydrogen (secondary N) is 1. The molecule has 0 saturated heterocycles. The molecule has 1 N–H and O–H groups in total. The van der Waals surface area contributed by atoms with Crippen LogP contribution in [0, 0.1) is 12.8 Å². The van der Waals surface area contributed by atoms with Crippen molar-refractivity contribution in [1.29, 1.82) is 0 Å². The summed E-state index contributed by atoms with van der Waals surface area (Å²) in [6.45, 7) is 2.70. The minimum absolute atomic E-state index is 0.0612. The summed E-state index contributed by atoms with van der Waals surface area (Å²) in [4.78, 5) is 19.6. The number of amides is 2. The molecule has 2 saturated carbocycles. The van der Waals surface area contributed by atoms with Gasteiger partial charge in [-0.3, -0.25) is 0 Å². The summed E-state index contributed by atoms with van der Waals surface area (Å²) >= 11 is 1.66. The van der Waals surface area contributed by atoms with Gasteiger partial charge in [-0.15, -0.1) is 11.3 Å². The van der Waals surface area contributed by atoms with Crippen molar-refractivity contribution in [1.82, 2.24) is 15.2 Å². The summed E-state index contributed by atoms with van der Waals surface area (Å²) in [5.74, 6) is 0.553. The molecule has 0 unspecified atom stereocenters. The van der Waals surface area contributed by atoms with Crippen molar-refractivity contribution in [2.45, 2.75) is 51.2 Å². The Hall–Kier alpha value is -1.88. The number of rotatable bonds is 6. The second-order valence-corrected chi connectivity index (χ2v) is 7.83. The zero-order valence-corrected chi connectivity index (χ0v) is 14.8. The number of aryl methyl sites for hydroxylation is 1. The average molecular weight is 341 g/mol. The van der Waals surface area contributed by atoms with Crippen molar-refractivity contribution in [2.24, 2.45) is 5.92 Å². The van der Waals surface area contributed by atoms with Gasteiger partial charge in [-0.2, -0.15) is 0 Å². The van der Waals surface area contributed by atoms with E-state index in [0.717, 1.165) is 23.5 Å². The monoisotopic (exact) mass is 341 g/mol. The molecule has 0 spiro atoms. The summed E-state index contributed by atoms with van der Waals surface area (Å²) in [6, 6.07) is 10.8. The Bertz CT molecular complexity index is 706. The van der Waals surface area contributed by atoms with Crippen LogP contribution in [0.5, 0.6) is 0 Å². The lowest BCUT2D eigenvalue weighted by molar-refractivity contribution is 0.186. The maximum atomic E-state index is 12.9. The molecule has 2 aliphatic carbocycles. The van der Waals surface area contributed by atoms with Crippen molar-refractivity contribution in [2.75, 3.05) is 0 Å². The molecule has 2 amide bonds. The first-order valence-electron chi connectivity index (χ1n) is 8.74. The van der Waals surface area contributed by atoms with E-state index in [2.05, 4.69) is 27.8 Å². The Balaban J connectivity index is 1.47. The van der Waals surface area contributed by atoms with Crippen molar-refractivity contribution in [3.05, 3.63) is 52.0 Å². The molecular formula is C19H23N3OS. The topological polar surface area (TPSA) is 45.2 Å². The van der Waals surface area contributed by atoms with Gasteiger partial charge in [-0.05, 0) is 44.1 Å². The molecule has 1 atom stereocenters. The Labute approximate surface area is 146 Å². The highest BCUT2D eigenvalue weighted by Gasteiger charge is 2.38. The van der Waals surface area contributed by atoms with Gasteiger partial charge in [0.15, 0.2) is 0 Å². The van der Waals surface area contributed by atoms with Crippen molar-refractivity contribution in [3.63, 3.8) is 0 Å². The number of carbonyl (C=O) groups excluding carboxylic acids is 1. The van der Waals surface area contributed by atoms with Crippen LogP contribution < -0.4 is 5.32 Å². The average Bonchev–Trinajstić information content (AvgIpc) is 3.50. The zero-order chi connectivity index (χ0) is 16.5. The minimum Gasteiger partial charge on any atom is -0.328 e. The normalized spacial score (nSPS) is 18.2. The fourth-order valence-corrected chi connectivity index (χ4v) is 4.01. The van der Waals surface area contributed by atoms with Crippen LogP contribution in [0.2, 0.25) is 0 Å². The van der Waals surface area contributed by atoms with Gasteiger partial charge in [0, 0.05) is 23.7 Å². The molecule has 126 valence electrons. The molecule has 1 heterocycles. The van der Waals surface area contributed by atoms with Crippen LogP contribution in [-0.4, -0.2) is 22.0 Å². The molecule has 0 aliphatic heterocycles. The van der Waals surface area contributed by atoms with E-state index in [1.54, 1.807) is 11.3 Å². The van der Waals surface area contributed by atoms with Gasteiger partial charge in [0.2, 0.25) is 0 Å². The first kappa shape index (κ1) is 15.6. The van der Waals surface area contributed by atoms with E-state index < -0.39 is 0 Å². The molecule has 4 nitrogen and oxygen atoms in total. The molecule has 4 rings (SSSR count). The third-order valence-electron chi connectivity index (χ3n) is 4.72. The number of aromatic nitrogens is 1. The molecular weight excluding hydrogens is 318 g/mol. The second-order valence-electron chi connectivity index (χ2n) is 6.94. The van der Waals surface area contributed by atoms with E-state index in [4.69, 9.17) is 0 Å². The summed E-state index contributed by atoms with van der Waals surface area (Å²) in [5, 5.41) is 6.41. The maximum absolute atomic E-state index is 12.9. The lowest BCUT2D eigenvalue weighted by atomic mass is 10.2. The fourth-order valence-electron chi connectivity index (χ4n) is 3.07. The van der Waals surface area contributed by atoms with Gasteiger partial charge in [0.05, 0.1) is 6.04 Å². The van der Waals surface area contributed by atoms with Crippen LogP contribution in [0.15, 0.2) is 35.7 Å². The van der Waals surface area contributed by atoms with Crippen LogP contribution in [0.1, 0.15) is 48.0 Å². The third-order valence-corrected chi connectivity index (χ3v) is 5.77. The number of nitrogens with zero attached hydrogens (tertiary/aromatic N) is 2. The van der Waals surface area contributed by atoms with E-state index in [1.165, 1.54) is 18.4 Å². The SMILES string of the molecule is Cc1csc([C@H](NC(=O)N(Cc2ccccc2)C2CC2)C2CC2)n1. The largest absolute Gasteiger partial charge is 0.328 e. The summed E-state index contributed by atoms with van der Waals surface area (Å²) < 4.78 is 0. The number of urea groups is 1. The highest BCUT2D eigenvalue weighted by molar-refractivity contribution is 7.09. The first-order valence-corrected chi connectivity index (χ1v) is 9.62. The summed E-state index contributed by atoms with van der Waals surface area (Å²) in [6.07, 6.45) is 4.60. The van der Waals surface area contributed by atoms with Gasteiger partial charge in [0.1, 0.15) is 5.01 Å². The van der Waals surface area contributed by atoms with E-state index in [9.17, 15) is 4.79 Å². The molecule has 5 heteroatoms. The molecule has 1 aromatic heterocycles. The summed E-state index contributed by atoms with van der Waals surface area (Å²) in [5.41, 5.74) is 2.23. The predicted octanol–water partition coefficient (Wildman–Crippen LogP) is 4.28. The van der Waals surface area contributed by atoms with Gasteiger partial charge in [0.25, 0.3) is 0 Å². The highest BCUT2D eigenvalue weighted by atomic mass is 32.1. The smallest absolute Gasteiger partial charge is 0.318 e. The lowest BCUT2D eigenvalue weighted by Crippen LogP contribution is -2.43. The molecule has 1 aromatic carbocycles. The van der Waals surface area contributed by atoms with Crippen molar-refractivity contribution >= 4 is 17.4 Å². The molecule has 2 aromatic rings. The zero-order valence-electron chi connectivity index (χ0n) is 13.9. The number of hydrogen-bond donors (Lipinski definition) is 1. The molecule has 2 fully saturated rings. The molecule has 24 heavy (non-hydrogen) atoms. The van der Waals surface area contributed by atoms with Crippen LogP contribution in [0.3, 0.4) is 0 Å². The molecule has 0 radical (unpaired) electrons. The van der Waals surface area contributed by atoms with E-state index >= 15 is 0 Å². The third kappa shape index (κ3) is 3.61. The maximum Gasteiger partial charge on any atom is 0.318 e. The quantitative estimate of drug-likeness (QED) is 0.852. The van der Waals surface area contributed by atoms with Crippen LogP contribution in [0.25, 0.3) is 0 Å². The van der Waals surface area contributed by atoms with Crippen molar-refractivity contribution in [3.8, 4) is 0 Å². The molecule has 2 aliphatic rings.